The van der Waals surface area contributed by atoms with E-state index in [1.54, 1.807) is 6.92 Å². The van der Waals surface area contributed by atoms with Crippen LogP contribution in [0.15, 0.2) is 36.4 Å². The van der Waals surface area contributed by atoms with Crippen molar-refractivity contribution in [2.45, 2.75) is 39.7 Å². The molecule has 1 atom stereocenters. The highest BCUT2D eigenvalue weighted by Gasteiger charge is 2.23. The van der Waals surface area contributed by atoms with Gasteiger partial charge < -0.3 is 10.4 Å². The largest absolute Gasteiger partial charge is 0.505 e. The first-order valence-electron chi connectivity index (χ1n) is 9.35. The van der Waals surface area contributed by atoms with Gasteiger partial charge in [0.2, 0.25) is 5.91 Å². The van der Waals surface area contributed by atoms with Crippen LogP contribution in [0.2, 0.25) is 0 Å². The molecule has 2 aromatic carbocycles. The fourth-order valence-corrected chi connectivity index (χ4v) is 3.28. The molecule has 1 heterocycles. The monoisotopic (exact) mass is 400 g/mol. The van der Waals surface area contributed by atoms with Crippen LogP contribution in [-0.2, 0) is 11.2 Å². The smallest absolute Gasteiger partial charge is 0.262 e. The quantitative estimate of drug-likeness (QED) is 0.678. The van der Waals surface area contributed by atoms with E-state index in [-0.39, 0.29) is 29.4 Å². The average Bonchev–Trinajstić information content (AvgIpc) is 2.93. The number of rotatable bonds is 5. The standard InChI is InChI=1S/C22H22F2N2O3/c1-4-12(2)25-21(28)10-16-13(3)26(19-11-18(24)20(27)9-17(16)19)22(29)14-5-7-15(23)8-6-14/h5-9,11-12,27H,4,10H2,1-3H3,(H,25,28). The summed E-state index contributed by atoms with van der Waals surface area (Å²) in [4.78, 5) is 25.5. The summed E-state index contributed by atoms with van der Waals surface area (Å²) in [7, 11) is 0. The van der Waals surface area contributed by atoms with Crippen molar-refractivity contribution in [2.24, 2.45) is 0 Å². The van der Waals surface area contributed by atoms with Crippen LogP contribution in [-0.4, -0.2) is 27.5 Å². The van der Waals surface area contributed by atoms with Crippen LogP contribution in [0.1, 0.15) is 41.9 Å². The molecule has 29 heavy (non-hydrogen) atoms. The molecule has 0 aliphatic heterocycles. The Hall–Kier alpha value is -3.22. The van der Waals surface area contributed by atoms with Gasteiger partial charge in [0.05, 0.1) is 11.9 Å². The Morgan fingerprint density at radius 3 is 2.45 bits per heavy atom. The Morgan fingerprint density at radius 1 is 1.17 bits per heavy atom. The topological polar surface area (TPSA) is 71.3 Å². The van der Waals surface area contributed by atoms with Crippen LogP contribution in [0.25, 0.3) is 10.9 Å². The molecule has 0 radical (unpaired) electrons. The van der Waals surface area contributed by atoms with Crippen molar-refractivity contribution in [3.63, 3.8) is 0 Å². The first kappa shape index (κ1) is 20.5. The van der Waals surface area contributed by atoms with E-state index < -0.39 is 23.3 Å². The fourth-order valence-electron chi connectivity index (χ4n) is 3.28. The Morgan fingerprint density at radius 2 is 1.83 bits per heavy atom. The summed E-state index contributed by atoms with van der Waals surface area (Å²) < 4.78 is 28.6. The minimum atomic E-state index is -0.876. The van der Waals surface area contributed by atoms with Gasteiger partial charge >= 0.3 is 0 Å². The van der Waals surface area contributed by atoms with Crippen molar-refractivity contribution in [1.82, 2.24) is 9.88 Å². The van der Waals surface area contributed by atoms with Gasteiger partial charge in [0.25, 0.3) is 5.91 Å². The van der Waals surface area contributed by atoms with Crippen LogP contribution in [0.5, 0.6) is 5.75 Å². The molecule has 1 aromatic heterocycles. The van der Waals surface area contributed by atoms with E-state index in [1.807, 2.05) is 13.8 Å². The maximum Gasteiger partial charge on any atom is 0.262 e. The summed E-state index contributed by atoms with van der Waals surface area (Å²) in [5, 5.41) is 13.1. The van der Waals surface area contributed by atoms with E-state index in [4.69, 9.17) is 0 Å². The number of phenolic OH excluding ortho intramolecular Hbond substituents is 1. The first-order chi connectivity index (χ1) is 13.7. The molecule has 152 valence electrons. The lowest BCUT2D eigenvalue weighted by molar-refractivity contribution is -0.121. The zero-order valence-electron chi connectivity index (χ0n) is 16.4. The molecule has 1 unspecified atom stereocenters. The molecule has 5 nitrogen and oxygen atoms in total. The van der Waals surface area contributed by atoms with E-state index in [2.05, 4.69) is 5.32 Å². The molecule has 1 amide bonds. The van der Waals surface area contributed by atoms with E-state index >= 15 is 0 Å². The second-order valence-electron chi connectivity index (χ2n) is 7.09. The van der Waals surface area contributed by atoms with Crippen molar-refractivity contribution in [2.75, 3.05) is 0 Å². The summed E-state index contributed by atoms with van der Waals surface area (Å²) in [5.41, 5.74) is 1.43. The maximum atomic E-state index is 14.1. The summed E-state index contributed by atoms with van der Waals surface area (Å²) in [6, 6.07) is 7.29. The highest BCUT2D eigenvalue weighted by Crippen LogP contribution is 2.32. The molecule has 0 aliphatic carbocycles. The number of fused-ring (bicyclic) bond motifs is 1. The van der Waals surface area contributed by atoms with Crippen molar-refractivity contribution in [3.05, 3.63) is 64.9 Å². The predicted molar refractivity (Wildman–Crippen MR) is 106 cm³/mol. The highest BCUT2D eigenvalue weighted by molar-refractivity contribution is 6.05. The summed E-state index contributed by atoms with van der Waals surface area (Å²) in [6.07, 6.45) is 0.739. The molecule has 2 N–H and O–H groups in total. The number of benzene rings is 2. The summed E-state index contributed by atoms with van der Waals surface area (Å²) >= 11 is 0. The molecule has 7 heteroatoms. The summed E-state index contributed by atoms with van der Waals surface area (Å²) in [6.45, 7) is 5.49. The van der Waals surface area contributed by atoms with E-state index in [9.17, 15) is 23.5 Å². The second-order valence-corrected chi connectivity index (χ2v) is 7.09. The Balaban J connectivity index is 2.13. The van der Waals surface area contributed by atoms with E-state index in [1.165, 1.54) is 34.9 Å². The number of amides is 1. The number of phenols is 1. The van der Waals surface area contributed by atoms with Crippen molar-refractivity contribution in [3.8, 4) is 5.75 Å². The van der Waals surface area contributed by atoms with E-state index in [0.717, 1.165) is 12.5 Å². The number of aromatic nitrogens is 1. The number of halogens is 2. The maximum absolute atomic E-state index is 14.1. The molecule has 0 bridgehead atoms. The highest BCUT2D eigenvalue weighted by atomic mass is 19.1. The number of carbonyl (C=O) groups is 2. The van der Waals surface area contributed by atoms with E-state index in [0.29, 0.717) is 16.6 Å². The fraction of sp³-hybridized carbons (Fsp3) is 0.273. The second kappa shape index (κ2) is 8.03. The minimum absolute atomic E-state index is 0.0112. The third kappa shape index (κ3) is 3.99. The van der Waals surface area contributed by atoms with Crippen LogP contribution in [0.3, 0.4) is 0 Å². The van der Waals surface area contributed by atoms with Crippen molar-refractivity contribution in [1.29, 1.82) is 0 Å². The van der Waals surface area contributed by atoms with Gasteiger partial charge in [-0.15, -0.1) is 0 Å². The number of nitrogens with zero attached hydrogens (tertiary/aromatic N) is 1. The third-order valence-corrected chi connectivity index (χ3v) is 5.05. The first-order valence-corrected chi connectivity index (χ1v) is 9.35. The molecule has 0 saturated carbocycles. The normalized spacial score (nSPS) is 12.2. The molecule has 0 aliphatic rings. The SMILES string of the molecule is CCC(C)NC(=O)Cc1c(C)n(C(=O)c2ccc(F)cc2)c2cc(F)c(O)cc12. The van der Waals surface area contributed by atoms with Crippen LogP contribution in [0.4, 0.5) is 8.78 Å². The van der Waals surface area contributed by atoms with Crippen molar-refractivity contribution >= 4 is 22.7 Å². The van der Waals surface area contributed by atoms with Gasteiger partial charge in [-0.2, -0.15) is 0 Å². The van der Waals surface area contributed by atoms with Gasteiger partial charge in [-0.1, -0.05) is 6.92 Å². The Kier molecular flexibility index (Phi) is 5.68. The molecule has 3 rings (SSSR count). The van der Waals surface area contributed by atoms with Gasteiger partial charge in [-0.05, 0) is 56.2 Å². The van der Waals surface area contributed by atoms with Crippen LogP contribution < -0.4 is 5.32 Å². The number of aromatic hydroxyl groups is 1. The van der Waals surface area contributed by atoms with Gasteiger partial charge in [0.15, 0.2) is 11.6 Å². The lowest BCUT2D eigenvalue weighted by Gasteiger charge is -2.11. The Bertz CT molecular complexity index is 1090. The van der Waals surface area contributed by atoms with Gasteiger partial charge in [0.1, 0.15) is 5.82 Å². The molecule has 0 fully saturated rings. The number of carbonyl (C=O) groups excluding carboxylic acids is 2. The lowest BCUT2D eigenvalue weighted by Crippen LogP contribution is -2.33. The number of nitrogens with one attached hydrogen (secondary N) is 1. The number of hydrogen-bond acceptors (Lipinski definition) is 3. The molecular weight excluding hydrogens is 378 g/mol. The third-order valence-electron chi connectivity index (χ3n) is 5.05. The Labute approximate surface area is 167 Å². The molecule has 3 aromatic rings. The van der Waals surface area contributed by atoms with Gasteiger partial charge in [-0.25, -0.2) is 8.78 Å². The summed E-state index contributed by atoms with van der Waals surface area (Å²) in [5.74, 6) is -2.63. The lowest BCUT2D eigenvalue weighted by atomic mass is 10.1. The van der Waals surface area contributed by atoms with Crippen LogP contribution >= 0.6 is 0 Å². The zero-order valence-corrected chi connectivity index (χ0v) is 16.4. The predicted octanol–water partition coefficient (Wildman–Crippen LogP) is 4.08. The van der Waals surface area contributed by atoms with Gasteiger partial charge in [0, 0.05) is 28.8 Å². The van der Waals surface area contributed by atoms with Gasteiger partial charge in [-0.3, -0.25) is 14.2 Å². The number of hydrogen-bond donors (Lipinski definition) is 2. The molecule has 0 spiro atoms. The molecule has 0 saturated heterocycles. The zero-order chi connectivity index (χ0) is 21.3. The molecular formula is C22H22F2N2O3. The van der Waals surface area contributed by atoms with Crippen molar-refractivity contribution < 1.29 is 23.5 Å². The average molecular weight is 400 g/mol. The van der Waals surface area contributed by atoms with Crippen LogP contribution in [0, 0.1) is 18.6 Å². The minimum Gasteiger partial charge on any atom is -0.505 e.